The van der Waals surface area contributed by atoms with Crippen molar-refractivity contribution in [2.24, 2.45) is 0 Å². The maximum Gasteiger partial charge on any atom is 0.407 e. The third-order valence-electron chi connectivity index (χ3n) is 10.6. The molecule has 0 saturated heterocycles. The van der Waals surface area contributed by atoms with Crippen LogP contribution in [0.4, 0.5) is 4.79 Å². The van der Waals surface area contributed by atoms with Crippen LogP contribution in [0.5, 0.6) is 0 Å². The Balaban J connectivity index is 2.53. The van der Waals surface area contributed by atoms with Crippen molar-refractivity contribution in [3.63, 3.8) is 0 Å². The quantitative estimate of drug-likeness (QED) is 0.0572. The van der Waals surface area contributed by atoms with E-state index in [2.05, 4.69) is 41.9 Å². The van der Waals surface area contributed by atoms with Crippen LogP contribution in [0.2, 0.25) is 0 Å². The molecular weight excluding hydrogens is 711 g/mol. The van der Waals surface area contributed by atoms with E-state index in [1.54, 1.807) is 0 Å². The maximum atomic E-state index is 13.6. The summed E-state index contributed by atoms with van der Waals surface area (Å²) in [7, 11) is 0. The molecule has 0 spiro atoms. The summed E-state index contributed by atoms with van der Waals surface area (Å²) >= 11 is 0. The molecule has 0 aliphatic carbocycles. The predicted molar refractivity (Wildman–Crippen MR) is 241 cm³/mol. The number of hydrogen-bond donors (Lipinski definition) is 3. The molecule has 1 aromatic rings. The Morgan fingerprint density at radius 1 is 0.596 bits per heavy atom. The Hall–Kier alpha value is -2.16. The lowest BCUT2D eigenvalue weighted by atomic mass is 10.1. The molecule has 0 saturated carbocycles. The van der Waals surface area contributed by atoms with Crippen LogP contribution >= 0.6 is 0 Å². The highest BCUT2D eigenvalue weighted by atomic mass is 16.6. The molecule has 2 atom stereocenters. The maximum absolute atomic E-state index is 13.6. The van der Waals surface area contributed by atoms with Gasteiger partial charge in [0, 0.05) is 32.8 Å². The first kappa shape index (κ1) is 52.9. The van der Waals surface area contributed by atoms with Gasteiger partial charge in [-0.25, -0.2) is 4.79 Å². The minimum absolute atomic E-state index is 0.0223. The van der Waals surface area contributed by atoms with Crippen LogP contribution in [-0.4, -0.2) is 62.7 Å². The zero-order chi connectivity index (χ0) is 41.5. The van der Waals surface area contributed by atoms with Crippen LogP contribution in [-0.2, 0) is 25.5 Å². The van der Waals surface area contributed by atoms with Gasteiger partial charge in [-0.05, 0) is 58.4 Å². The molecule has 3 N–H and O–H groups in total. The van der Waals surface area contributed by atoms with E-state index in [4.69, 9.17) is 14.2 Å². The smallest absolute Gasteiger partial charge is 0.407 e. The van der Waals surface area contributed by atoms with Gasteiger partial charge in [0.25, 0.3) is 0 Å². The molecule has 0 bridgehead atoms. The lowest BCUT2D eigenvalue weighted by molar-refractivity contribution is -0.124. The van der Waals surface area contributed by atoms with E-state index in [1.807, 2.05) is 39.0 Å². The summed E-state index contributed by atoms with van der Waals surface area (Å²) in [5, 5.41) is 9.52. The zero-order valence-corrected chi connectivity index (χ0v) is 37.9. The van der Waals surface area contributed by atoms with Crippen LogP contribution in [0.3, 0.4) is 0 Å². The SMILES string of the molecule is CCCCCCCCCCCCCCOCC(CNC(=O)C(CCCCNC(=O)OC(C)(C)C)NCc1ccccc1)OCCCCCCCCCCCCCC. The molecular formula is C49H91N3O5. The number of nitrogens with one attached hydrogen (secondary N) is 3. The van der Waals surface area contributed by atoms with E-state index in [0.717, 1.165) is 37.9 Å². The average Bonchev–Trinajstić information content (AvgIpc) is 3.19. The van der Waals surface area contributed by atoms with Gasteiger partial charge in [-0.15, -0.1) is 0 Å². The van der Waals surface area contributed by atoms with E-state index >= 15 is 0 Å². The van der Waals surface area contributed by atoms with Crippen molar-refractivity contribution < 1.29 is 23.8 Å². The Bertz CT molecular complexity index is 1030. The standard InChI is InChI=1S/C49H91N3O5/c1-6-8-10-12-14-16-18-20-22-24-26-33-39-55-43-45(56-40-34-27-25-23-21-19-17-15-13-11-9-7-2)42-52-47(53)46(51-41-44-35-29-28-30-36-44)37-31-32-38-50-48(54)57-49(3,4)5/h28-30,35-36,45-46,51H,6-27,31-34,37-43H2,1-5H3,(H,50,54)(H,52,53). The van der Waals surface area contributed by atoms with Gasteiger partial charge in [-0.3, -0.25) is 4.79 Å². The summed E-state index contributed by atoms with van der Waals surface area (Å²) in [6, 6.07) is 9.82. The molecule has 8 heteroatoms. The summed E-state index contributed by atoms with van der Waals surface area (Å²) in [4.78, 5) is 25.7. The van der Waals surface area contributed by atoms with E-state index in [1.165, 1.54) is 141 Å². The van der Waals surface area contributed by atoms with Crippen molar-refractivity contribution in [1.29, 1.82) is 0 Å². The highest BCUT2D eigenvalue weighted by Crippen LogP contribution is 2.14. The van der Waals surface area contributed by atoms with Crippen LogP contribution in [0.1, 0.15) is 214 Å². The average molecular weight is 802 g/mol. The van der Waals surface area contributed by atoms with Crippen LogP contribution in [0.15, 0.2) is 30.3 Å². The van der Waals surface area contributed by atoms with Crippen molar-refractivity contribution in [2.75, 3.05) is 32.9 Å². The Morgan fingerprint density at radius 3 is 1.60 bits per heavy atom. The molecule has 0 fully saturated rings. The van der Waals surface area contributed by atoms with Crippen molar-refractivity contribution in [1.82, 2.24) is 16.0 Å². The van der Waals surface area contributed by atoms with Crippen molar-refractivity contribution >= 4 is 12.0 Å². The Labute approximate surface area is 351 Å². The zero-order valence-electron chi connectivity index (χ0n) is 37.9. The number of benzene rings is 1. The lowest BCUT2D eigenvalue weighted by Gasteiger charge is -2.22. The third kappa shape index (κ3) is 35.5. The summed E-state index contributed by atoms with van der Waals surface area (Å²) in [5.41, 5.74) is 0.608. The molecule has 0 aromatic heterocycles. The van der Waals surface area contributed by atoms with Gasteiger partial charge in [0.2, 0.25) is 5.91 Å². The second kappa shape index (κ2) is 38.1. The molecule has 8 nitrogen and oxygen atoms in total. The van der Waals surface area contributed by atoms with Gasteiger partial charge in [0.15, 0.2) is 0 Å². The highest BCUT2D eigenvalue weighted by Gasteiger charge is 2.20. The van der Waals surface area contributed by atoms with Crippen LogP contribution < -0.4 is 16.0 Å². The van der Waals surface area contributed by atoms with Gasteiger partial charge in [0.05, 0.1) is 18.8 Å². The van der Waals surface area contributed by atoms with Crippen molar-refractivity contribution in [3.05, 3.63) is 35.9 Å². The molecule has 57 heavy (non-hydrogen) atoms. The monoisotopic (exact) mass is 802 g/mol. The lowest BCUT2D eigenvalue weighted by Crippen LogP contribution is -2.47. The highest BCUT2D eigenvalue weighted by molar-refractivity contribution is 5.81. The van der Waals surface area contributed by atoms with Crippen LogP contribution in [0.25, 0.3) is 0 Å². The molecule has 0 aliphatic rings. The molecule has 0 radical (unpaired) electrons. The molecule has 332 valence electrons. The molecule has 2 unspecified atom stereocenters. The first-order valence-corrected chi connectivity index (χ1v) is 24.0. The molecule has 2 amide bonds. The van der Waals surface area contributed by atoms with Gasteiger partial charge in [-0.2, -0.15) is 0 Å². The minimum atomic E-state index is -0.527. The summed E-state index contributed by atoms with van der Waals surface area (Å²) < 4.78 is 17.9. The Morgan fingerprint density at radius 2 is 1.09 bits per heavy atom. The minimum Gasteiger partial charge on any atom is -0.444 e. The molecule has 0 heterocycles. The third-order valence-corrected chi connectivity index (χ3v) is 10.6. The van der Waals surface area contributed by atoms with Gasteiger partial charge >= 0.3 is 6.09 Å². The summed E-state index contributed by atoms with van der Waals surface area (Å²) in [6.45, 7) is 13.6. The molecule has 1 aromatic carbocycles. The fourth-order valence-corrected chi connectivity index (χ4v) is 7.10. The second-order valence-electron chi connectivity index (χ2n) is 17.4. The van der Waals surface area contributed by atoms with Crippen molar-refractivity contribution in [3.8, 4) is 0 Å². The summed E-state index contributed by atoms with van der Waals surface area (Å²) in [5.74, 6) is -0.0223. The summed E-state index contributed by atoms with van der Waals surface area (Å²) in [6.07, 6.45) is 33.3. The molecule has 1 rings (SSSR count). The Kier molecular flexibility index (Phi) is 35.3. The van der Waals surface area contributed by atoms with Crippen molar-refractivity contribution in [2.45, 2.75) is 232 Å². The number of carbonyl (C=O) groups excluding carboxylic acids is 2. The number of amides is 2. The van der Waals surface area contributed by atoms with Gasteiger partial charge in [0.1, 0.15) is 5.60 Å². The number of rotatable bonds is 40. The van der Waals surface area contributed by atoms with E-state index in [-0.39, 0.29) is 18.1 Å². The number of hydrogen-bond acceptors (Lipinski definition) is 6. The largest absolute Gasteiger partial charge is 0.444 e. The fourth-order valence-electron chi connectivity index (χ4n) is 7.10. The number of ether oxygens (including phenoxy) is 3. The first-order valence-electron chi connectivity index (χ1n) is 24.0. The number of unbranched alkanes of at least 4 members (excludes halogenated alkanes) is 23. The van der Waals surface area contributed by atoms with E-state index in [9.17, 15) is 9.59 Å². The van der Waals surface area contributed by atoms with E-state index in [0.29, 0.717) is 39.3 Å². The molecule has 0 aliphatic heterocycles. The predicted octanol–water partition coefficient (Wildman–Crippen LogP) is 12.8. The van der Waals surface area contributed by atoms with Gasteiger partial charge < -0.3 is 30.2 Å². The second-order valence-corrected chi connectivity index (χ2v) is 17.4. The number of carbonyl (C=O) groups is 2. The number of alkyl carbamates (subject to hydrolysis) is 1. The first-order chi connectivity index (χ1) is 27.7. The van der Waals surface area contributed by atoms with Crippen LogP contribution in [0, 0.1) is 0 Å². The fraction of sp³-hybridized carbons (Fsp3) is 0.837. The van der Waals surface area contributed by atoms with E-state index < -0.39 is 11.7 Å². The van der Waals surface area contributed by atoms with Gasteiger partial charge in [-0.1, -0.05) is 185 Å². The topological polar surface area (TPSA) is 97.9 Å². The normalized spacial score (nSPS) is 12.7.